The molecule has 0 spiro atoms. The van der Waals surface area contributed by atoms with Gasteiger partial charge in [-0.2, -0.15) is 0 Å². The van der Waals surface area contributed by atoms with E-state index in [-0.39, 0.29) is 29.5 Å². The van der Waals surface area contributed by atoms with Gasteiger partial charge in [0.2, 0.25) is 5.91 Å². The lowest BCUT2D eigenvalue weighted by molar-refractivity contribution is -0.115. The smallest absolute Gasteiger partial charge is 0.224 e. The van der Waals surface area contributed by atoms with E-state index in [2.05, 4.69) is 10.6 Å². The molecule has 1 atom stereocenters. The second kappa shape index (κ2) is 5.84. The molecule has 1 saturated heterocycles. The van der Waals surface area contributed by atoms with Crippen molar-refractivity contribution in [1.82, 2.24) is 5.32 Å². The molecule has 1 aliphatic heterocycles. The third kappa shape index (κ3) is 3.02. The number of hydrogen-bond acceptors (Lipinski definition) is 4. The van der Waals surface area contributed by atoms with E-state index in [1.165, 1.54) is 39.0 Å². The van der Waals surface area contributed by atoms with Gasteiger partial charge in [0.25, 0.3) is 0 Å². The first-order valence-corrected chi connectivity index (χ1v) is 9.27. The van der Waals surface area contributed by atoms with Crippen molar-refractivity contribution >= 4 is 27.3 Å². The van der Waals surface area contributed by atoms with Gasteiger partial charge in [-0.25, -0.2) is 12.8 Å². The number of carbonyl (C=O) groups is 1. The van der Waals surface area contributed by atoms with Crippen LogP contribution in [0.5, 0.6) is 0 Å². The normalized spacial score (nSPS) is 25.0. The number of hydrogen-bond donors (Lipinski definition) is 3. The van der Waals surface area contributed by atoms with Crippen LogP contribution in [0.2, 0.25) is 0 Å². The molecular formula is C16H22FN3O3S. The minimum absolute atomic E-state index is 0.0974. The summed E-state index contributed by atoms with van der Waals surface area (Å²) in [6, 6.07) is 4.02. The zero-order valence-electron chi connectivity index (χ0n) is 14.2. The fourth-order valence-electron chi connectivity index (χ4n) is 2.60. The number of amides is 1. The molecule has 1 aliphatic rings. The van der Waals surface area contributed by atoms with Gasteiger partial charge in [0.1, 0.15) is 16.4 Å². The summed E-state index contributed by atoms with van der Waals surface area (Å²) < 4.78 is 38.1. The molecule has 0 bridgehead atoms. The highest BCUT2D eigenvalue weighted by molar-refractivity contribution is 7.93. The minimum atomic E-state index is -3.66. The molecule has 8 heteroatoms. The lowest BCUT2D eigenvalue weighted by Crippen LogP contribution is -2.64. The Morgan fingerprint density at radius 2 is 2.00 bits per heavy atom. The van der Waals surface area contributed by atoms with E-state index in [1.54, 1.807) is 6.92 Å². The van der Waals surface area contributed by atoms with E-state index in [0.717, 1.165) is 0 Å². The van der Waals surface area contributed by atoms with Gasteiger partial charge in [-0.1, -0.05) is 6.92 Å². The van der Waals surface area contributed by atoms with Gasteiger partial charge in [0.15, 0.2) is 9.84 Å². The number of anilines is 1. The van der Waals surface area contributed by atoms with Gasteiger partial charge >= 0.3 is 0 Å². The van der Waals surface area contributed by atoms with Crippen LogP contribution in [0.1, 0.15) is 39.7 Å². The van der Waals surface area contributed by atoms with E-state index in [1.807, 2.05) is 0 Å². The molecule has 24 heavy (non-hydrogen) atoms. The van der Waals surface area contributed by atoms with E-state index < -0.39 is 25.9 Å². The summed E-state index contributed by atoms with van der Waals surface area (Å²) in [5.41, 5.74) is -0.807. The van der Waals surface area contributed by atoms with Crippen LogP contribution in [0.25, 0.3) is 0 Å². The molecule has 0 radical (unpaired) electrons. The molecule has 0 saturated carbocycles. The van der Waals surface area contributed by atoms with Crippen LogP contribution < -0.4 is 10.6 Å². The molecule has 1 heterocycles. The number of nitrogens with one attached hydrogen (secondary N) is 3. The van der Waals surface area contributed by atoms with E-state index in [9.17, 15) is 17.6 Å². The highest BCUT2D eigenvalue weighted by Crippen LogP contribution is 2.35. The molecule has 132 valence electrons. The zero-order valence-corrected chi connectivity index (χ0v) is 15.0. The lowest BCUT2D eigenvalue weighted by atomic mass is 9.91. The summed E-state index contributed by atoms with van der Waals surface area (Å²) in [5, 5.41) is 13.5. The monoisotopic (exact) mass is 355 g/mol. The number of halogens is 1. The Hall–Kier alpha value is -1.96. The Balaban J connectivity index is 2.49. The third-order valence-electron chi connectivity index (χ3n) is 4.42. The maximum atomic E-state index is 14.4. The summed E-state index contributed by atoms with van der Waals surface area (Å²) in [7, 11) is -3.66. The summed E-state index contributed by atoms with van der Waals surface area (Å²) in [6.07, 6.45) is 0.273. The average Bonchev–Trinajstić information content (AvgIpc) is 2.46. The van der Waals surface area contributed by atoms with Gasteiger partial charge in [0.05, 0.1) is 11.3 Å². The van der Waals surface area contributed by atoms with Gasteiger partial charge in [-0.05, 0) is 39.0 Å². The van der Waals surface area contributed by atoms with Crippen molar-refractivity contribution in [3.63, 3.8) is 0 Å². The quantitative estimate of drug-likeness (QED) is 0.774. The molecule has 0 aliphatic carbocycles. The molecule has 1 fully saturated rings. The van der Waals surface area contributed by atoms with Crippen LogP contribution in [0.4, 0.5) is 10.1 Å². The highest BCUT2D eigenvalue weighted by Gasteiger charge is 2.51. The van der Waals surface area contributed by atoms with Crippen LogP contribution in [0.3, 0.4) is 0 Å². The molecule has 0 aromatic heterocycles. The van der Waals surface area contributed by atoms with Crippen molar-refractivity contribution in [2.45, 2.75) is 44.4 Å². The molecular weight excluding hydrogens is 333 g/mol. The van der Waals surface area contributed by atoms with Crippen molar-refractivity contribution in [2.75, 3.05) is 11.1 Å². The Labute approximate surface area is 141 Å². The highest BCUT2D eigenvalue weighted by atomic mass is 32.2. The fraction of sp³-hybridized carbons (Fsp3) is 0.500. The molecule has 1 aromatic carbocycles. The number of carbonyl (C=O) groups excluding carboxylic acids is 1. The topological polar surface area (TPSA) is 99.1 Å². The summed E-state index contributed by atoms with van der Waals surface area (Å²) in [4.78, 5) is 11.5. The number of sulfone groups is 1. The first-order chi connectivity index (χ1) is 10.9. The Morgan fingerprint density at radius 1 is 1.38 bits per heavy atom. The molecule has 3 N–H and O–H groups in total. The Morgan fingerprint density at radius 3 is 2.54 bits per heavy atom. The predicted octanol–water partition coefficient (Wildman–Crippen LogP) is 2.16. The van der Waals surface area contributed by atoms with Crippen molar-refractivity contribution in [1.29, 1.82) is 5.41 Å². The Kier molecular flexibility index (Phi) is 4.47. The molecule has 2 rings (SSSR count). The summed E-state index contributed by atoms with van der Waals surface area (Å²) in [5.74, 6) is -1.35. The molecule has 1 amide bonds. The number of rotatable bonds is 3. The van der Waals surface area contributed by atoms with Crippen molar-refractivity contribution in [3.8, 4) is 0 Å². The summed E-state index contributed by atoms with van der Waals surface area (Å²) in [6.45, 7) is 6.13. The van der Waals surface area contributed by atoms with Gasteiger partial charge in [0, 0.05) is 17.7 Å². The van der Waals surface area contributed by atoms with Gasteiger partial charge in [-0.15, -0.1) is 0 Å². The maximum absolute atomic E-state index is 14.4. The Bertz CT molecular complexity index is 805. The van der Waals surface area contributed by atoms with Crippen LogP contribution in [-0.2, 0) is 20.2 Å². The lowest BCUT2D eigenvalue weighted by Gasteiger charge is -2.43. The van der Waals surface area contributed by atoms with Crippen LogP contribution in [0, 0.1) is 11.2 Å². The number of amidine groups is 1. The number of benzene rings is 1. The first-order valence-electron chi connectivity index (χ1n) is 7.62. The molecule has 0 unspecified atom stereocenters. The fourth-order valence-corrected chi connectivity index (χ4v) is 4.31. The van der Waals surface area contributed by atoms with Crippen molar-refractivity contribution in [2.24, 2.45) is 0 Å². The average molecular weight is 355 g/mol. The molecule has 1 aromatic rings. The zero-order chi connectivity index (χ0) is 18.3. The van der Waals surface area contributed by atoms with E-state index in [4.69, 9.17) is 5.41 Å². The summed E-state index contributed by atoms with van der Waals surface area (Å²) >= 11 is 0. The largest absolute Gasteiger partial charge is 0.362 e. The van der Waals surface area contributed by atoms with Crippen molar-refractivity contribution < 1.29 is 17.6 Å². The van der Waals surface area contributed by atoms with Crippen LogP contribution >= 0.6 is 0 Å². The minimum Gasteiger partial charge on any atom is -0.362 e. The predicted molar refractivity (Wildman–Crippen MR) is 91.4 cm³/mol. The van der Waals surface area contributed by atoms with E-state index >= 15 is 0 Å². The van der Waals surface area contributed by atoms with Crippen LogP contribution in [0.15, 0.2) is 18.2 Å². The second-order valence-electron chi connectivity index (χ2n) is 6.70. The third-order valence-corrected chi connectivity index (χ3v) is 7.14. The van der Waals surface area contributed by atoms with Crippen molar-refractivity contribution in [3.05, 3.63) is 29.6 Å². The first kappa shape index (κ1) is 18.4. The second-order valence-corrected chi connectivity index (χ2v) is 9.24. The van der Waals surface area contributed by atoms with Gasteiger partial charge < -0.3 is 10.6 Å². The molecule has 6 nitrogen and oxygen atoms in total. The maximum Gasteiger partial charge on any atom is 0.224 e. The standard InChI is InChI=1S/C16H22FN3O3S/c1-5-13(21)19-10-6-7-12(17)11(8-10)16(4)9-24(22,23)15(2,3)14(18)20-16/h6-8H,5,9H2,1-4H3,(H2,18,20)(H,19,21)/t16-/m0/s1. The van der Waals surface area contributed by atoms with Crippen LogP contribution in [-0.4, -0.2) is 30.7 Å². The van der Waals surface area contributed by atoms with Gasteiger partial charge in [-0.3, -0.25) is 10.2 Å². The SMILES string of the molecule is CCC(=O)Nc1ccc(F)c([C@]2(C)CS(=O)(=O)C(C)(C)C(=N)N2)c1. The van der Waals surface area contributed by atoms with E-state index in [0.29, 0.717) is 5.69 Å².